The summed E-state index contributed by atoms with van der Waals surface area (Å²) in [7, 11) is 0. The van der Waals surface area contributed by atoms with Crippen LogP contribution < -0.4 is 5.32 Å². The molecule has 2 aromatic carbocycles. The zero-order chi connectivity index (χ0) is 19.8. The van der Waals surface area contributed by atoms with E-state index in [4.69, 9.17) is 4.74 Å². The molecule has 1 aliphatic heterocycles. The Kier molecular flexibility index (Phi) is 7.20. The minimum Gasteiger partial charge on any atom is -0.376 e. The summed E-state index contributed by atoms with van der Waals surface area (Å²) in [6, 6.07) is 19.0. The molecular weight excluding hydrogens is 352 g/mol. The molecule has 2 amide bonds. The van der Waals surface area contributed by atoms with Gasteiger partial charge in [-0.05, 0) is 24.0 Å². The molecule has 5 nitrogen and oxygen atoms in total. The van der Waals surface area contributed by atoms with Crippen LogP contribution in [0.2, 0.25) is 0 Å². The average molecular weight is 380 g/mol. The number of nitrogens with zero attached hydrogens (tertiary/aromatic N) is 1. The first-order valence-electron chi connectivity index (χ1n) is 9.88. The Hall–Kier alpha value is -2.66. The number of ether oxygens (including phenoxy) is 1. The highest BCUT2D eigenvalue weighted by molar-refractivity contribution is 5.87. The van der Waals surface area contributed by atoms with E-state index in [0.29, 0.717) is 19.5 Å². The van der Waals surface area contributed by atoms with Crippen LogP contribution in [-0.4, -0.2) is 42.0 Å². The van der Waals surface area contributed by atoms with Crippen molar-refractivity contribution in [1.82, 2.24) is 10.2 Å². The molecule has 0 aromatic heterocycles. The number of nitrogens with one attached hydrogen (secondary N) is 1. The van der Waals surface area contributed by atoms with Crippen molar-refractivity contribution in [3.05, 3.63) is 71.8 Å². The average Bonchev–Trinajstić information content (AvgIpc) is 3.24. The normalized spacial score (nSPS) is 17.1. The van der Waals surface area contributed by atoms with E-state index in [-0.39, 0.29) is 17.9 Å². The summed E-state index contributed by atoms with van der Waals surface area (Å²) >= 11 is 0. The molecule has 1 aliphatic rings. The van der Waals surface area contributed by atoms with Crippen molar-refractivity contribution in [2.45, 2.75) is 44.9 Å². The van der Waals surface area contributed by atoms with E-state index in [2.05, 4.69) is 5.32 Å². The second-order valence-electron chi connectivity index (χ2n) is 7.22. The molecule has 0 bridgehead atoms. The van der Waals surface area contributed by atoms with E-state index in [0.717, 1.165) is 30.6 Å². The van der Waals surface area contributed by atoms with Gasteiger partial charge >= 0.3 is 0 Å². The second-order valence-corrected chi connectivity index (χ2v) is 7.22. The van der Waals surface area contributed by atoms with Crippen LogP contribution in [0.15, 0.2) is 60.7 Å². The Bertz CT molecular complexity index is 758. The topological polar surface area (TPSA) is 58.6 Å². The van der Waals surface area contributed by atoms with Crippen molar-refractivity contribution in [1.29, 1.82) is 0 Å². The van der Waals surface area contributed by atoms with Gasteiger partial charge in [0.15, 0.2) is 0 Å². The maximum atomic E-state index is 13.1. The molecule has 2 atom stereocenters. The number of hydrogen-bond acceptors (Lipinski definition) is 3. The van der Waals surface area contributed by atoms with Crippen LogP contribution in [0.1, 0.15) is 30.9 Å². The zero-order valence-corrected chi connectivity index (χ0v) is 16.3. The number of benzene rings is 2. The van der Waals surface area contributed by atoms with Crippen molar-refractivity contribution >= 4 is 11.8 Å². The van der Waals surface area contributed by atoms with Crippen LogP contribution in [0.5, 0.6) is 0 Å². The molecule has 148 valence electrons. The third kappa shape index (κ3) is 5.67. The highest BCUT2D eigenvalue weighted by Gasteiger charge is 2.29. The van der Waals surface area contributed by atoms with Gasteiger partial charge in [-0.25, -0.2) is 0 Å². The quantitative estimate of drug-likeness (QED) is 0.766. The van der Waals surface area contributed by atoms with Gasteiger partial charge in [-0.1, -0.05) is 60.7 Å². The Morgan fingerprint density at radius 1 is 1.07 bits per heavy atom. The third-order valence-corrected chi connectivity index (χ3v) is 5.08. The van der Waals surface area contributed by atoms with Gasteiger partial charge in [-0.15, -0.1) is 0 Å². The summed E-state index contributed by atoms with van der Waals surface area (Å²) in [4.78, 5) is 27.2. The molecule has 1 N–H and O–H groups in total. The van der Waals surface area contributed by atoms with Gasteiger partial charge in [0, 0.05) is 33.0 Å². The number of amides is 2. The largest absolute Gasteiger partial charge is 0.376 e. The maximum absolute atomic E-state index is 13.1. The summed E-state index contributed by atoms with van der Waals surface area (Å²) in [6.45, 7) is 3.16. The number of rotatable bonds is 8. The summed E-state index contributed by atoms with van der Waals surface area (Å²) in [5.41, 5.74) is 2.03. The number of hydrogen-bond donors (Lipinski definition) is 1. The molecule has 28 heavy (non-hydrogen) atoms. The zero-order valence-electron chi connectivity index (χ0n) is 16.3. The van der Waals surface area contributed by atoms with E-state index < -0.39 is 6.04 Å². The van der Waals surface area contributed by atoms with Gasteiger partial charge in [-0.3, -0.25) is 9.59 Å². The predicted molar refractivity (Wildman–Crippen MR) is 109 cm³/mol. The van der Waals surface area contributed by atoms with E-state index in [1.165, 1.54) is 6.92 Å². The second kappa shape index (κ2) is 10.0. The van der Waals surface area contributed by atoms with Crippen LogP contribution in [0.4, 0.5) is 0 Å². The van der Waals surface area contributed by atoms with E-state index in [1.807, 2.05) is 60.7 Å². The lowest BCUT2D eigenvalue weighted by Gasteiger charge is -2.31. The fraction of sp³-hybridized carbons (Fsp3) is 0.391. The first kappa shape index (κ1) is 20.1. The molecular formula is C23H28N2O3. The van der Waals surface area contributed by atoms with Crippen LogP contribution >= 0.6 is 0 Å². The Labute approximate surface area is 166 Å². The smallest absolute Gasteiger partial charge is 0.243 e. The van der Waals surface area contributed by atoms with Crippen LogP contribution in [-0.2, 0) is 27.3 Å². The lowest BCUT2D eigenvalue weighted by atomic mass is 10.0. The van der Waals surface area contributed by atoms with Crippen LogP contribution in [0.3, 0.4) is 0 Å². The lowest BCUT2D eigenvalue weighted by molar-refractivity contribution is -0.139. The van der Waals surface area contributed by atoms with E-state index in [9.17, 15) is 9.59 Å². The molecule has 1 saturated heterocycles. The molecule has 1 fully saturated rings. The molecule has 0 unspecified atom stereocenters. The molecule has 3 rings (SSSR count). The third-order valence-electron chi connectivity index (χ3n) is 5.08. The standard InChI is InChI=1S/C23H28N2O3/c1-18(26)25(17-20-11-6-3-7-12-20)22(15-19-9-4-2-5-10-19)23(27)24-16-21-13-8-14-28-21/h2-7,9-12,21-22H,8,13-17H2,1H3,(H,24,27)/t21-,22-/m0/s1. The Balaban J connectivity index is 1.77. The predicted octanol–water partition coefficient (Wildman–Crippen LogP) is 2.94. The van der Waals surface area contributed by atoms with Crippen molar-refractivity contribution in [2.75, 3.05) is 13.2 Å². The van der Waals surface area contributed by atoms with E-state index in [1.54, 1.807) is 4.90 Å². The van der Waals surface area contributed by atoms with Crippen LogP contribution in [0, 0.1) is 0 Å². The highest BCUT2D eigenvalue weighted by Crippen LogP contribution is 2.15. The van der Waals surface area contributed by atoms with Crippen molar-refractivity contribution < 1.29 is 14.3 Å². The fourth-order valence-corrected chi connectivity index (χ4v) is 3.54. The maximum Gasteiger partial charge on any atom is 0.243 e. The molecule has 0 saturated carbocycles. The molecule has 0 radical (unpaired) electrons. The van der Waals surface area contributed by atoms with Gasteiger partial charge < -0.3 is 15.0 Å². The molecule has 2 aromatic rings. The van der Waals surface area contributed by atoms with Crippen molar-refractivity contribution in [2.24, 2.45) is 0 Å². The molecule has 5 heteroatoms. The summed E-state index contributed by atoms with van der Waals surface area (Å²) in [6.07, 6.45) is 2.54. The summed E-state index contributed by atoms with van der Waals surface area (Å²) in [5, 5.41) is 3.01. The van der Waals surface area contributed by atoms with Gasteiger partial charge in [0.25, 0.3) is 0 Å². The van der Waals surface area contributed by atoms with Crippen LogP contribution in [0.25, 0.3) is 0 Å². The molecule has 0 spiro atoms. The van der Waals surface area contributed by atoms with Gasteiger partial charge in [-0.2, -0.15) is 0 Å². The Morgan fingerprint density at radius 2 is 1.71 bits per heavy atom. The van der Waals surface area contributed by atoms with Gasteiger partial charge in [0.1, 0.15) is 6.04 Å². The van der Waals surface area contributed by atoms with Crippen molar-refractivity contribution in [3.63, 3.8) is 0 Å². The number of carbonyl (C=O) groups excluding carboxylic acids is 2. The minimum atomic E-state index is -0.568. The number of carbonyl (C=O) groups is 2. The summed E-state index contributed by atoms with van der Waals surface area (Å²) < 4.78 is 5.61. The first-order chi connectivity index (χ1) is 13.6. The summed E-state index contributed by atoms with van der Waals surface area (Å²) in [5.74, 6) is -0.248. The fourth-order valence-electron chi connectivity index (χ4n) is 3.54. The first-order valence-corrected chi connectivity index (χ1v) is 9.88. The van der Waals surface area contributed by atoms with Gasteiger partial charge in [0.2, 0.25) is 11.8 Å². The van der Waals surface area contributed by atoms with E-state index >= 15 is 0 Å². The highest BCUT2D eigenvalue weighted by atomic mass is 16.5. The SMILES string of the molecule is CC(=O)N(Cc1ccccc1)[C@@H](Cc1ccccc1)C(=O)NC[C@@H]1CCCO1. The Morgan fingerprint density at radius 3 is 2.29 bits per heavy atom. The molecule has 1 heterocycles. The minimum absolute atomic E-state index is 0.0706. The van der Waals surface area contributed by atoms with Gasteiger partial charge in [0.05, 0.1) is 6.10 Å². The monoisotopic (exact) mass is 380 g/mol. The molecule has 0 aliphatic carbocycles. The lowest BCUT2D eigenvalue weighted by Crippen LogP contribution is -2.51. The van der Waals surface area contributed by atoms with Crippen molar-refractivity contribution in [3.8, 4) is 0 Å².